The van der Waals surface area contributed by atoms with Gasteiger partial charge in [-0.05, 0) is 40.5 Å². The molecule has 2 nitrogen and oxygen atoms in total. The second-order valence-electron chi connectivity index (χ2n) is 3.85. The maximum absolute atomic E-state index is 9.63. The first kappa shape index (κ1) is 11.7. The van der Waals surface area contributed by atoms with Gasteiger partial charge in [0.05, 0.1) is 11.7 Å². The number of rotatable bonds is 4. The first-order chi connectivity index (χ1) is 5.36. The third kappa shape index (κ3) is 4.52. The Bertz CT molecular complexity index is 153. The molecule has 0 saturated carbocycles. The van der Waals surface area contributed by atoms with Crippen molar-refractivity contribution in [1.82, 2.24) is 0 Å². The third-order valence-corrected chi connectivity index (χ3v) is 2.10. The fourth-order valence-electron chi connectivity index (χ4n) is 0.862. The molecule has 2 unspecified atom stereocenters. The van der Waals surface area contributed by atoms with Crippen LogP contribution in [0.25, 0.3) is 0 Å². The lowest BCUT2D eigenvalue weighted by atomic mass is 9.94. The van der Waals surface area contributed by atoms with Gasteiger partial charge in [-0.2, -0.15) is 0 Å². The van der Waals surface area contributed by atoms with E-state index in [0.29, 0.717) is 6.42 Å². The summed E-state index contributed by atoms with van der Waals surface area (Å²) in [7, 11) is 0. The lowest BCUT2D eigenvalue weighted by molar-refractivity contribution is -0.0567. The zero-order valence-electron chi connectivity index (χ0n) is 8.46. The molecular weight excluding hydrogens is 152 g/mol. The number of hydrogen-bond donors (Lipinski definition) is 2. The fourth-order valence-corrected chi connectivity index (χ4v) is 0.862. The van der Waals surface area contributed by atoms with Crippen molar-refractivity contribution in [3.63, 3.8) is 0 Å². The lowest BCUT2D eigenvalue weighted by Crippen LogP contribution is -2.36. The highest BCUT2D eigenvalue weighted by Crippen LogP contribution is 2.17. The molecule has 0 aromatic rings. The summed E-state index contributed by atoms with van der Waals surface area (Å²) < 4.78 is 0. The molecule has 2 atom stereocenters. The summed E-state index contributed by atoms with van der Waals surface area (Å²) in [5, 5.41) is 18.8. The van der Waals surface area contributed by atoms with Gasteiger partial charge in [-0.1, -0.05) is 11.6 Å². The van der Waals surface area contributed by atoms with Crippen molar-refractivity contribution < 1.29 is 10.2 Å². The molecule has 0 heterocycles. The van der Waals surface area contributed by atoms with Gasteiger partial charge in [-0.15, -0.1) is 0 Å². The summed E-state index contributed by atoms with van der Waals surface area (Å²) in [6.07, 6.45) is 2.83. The monoisotopic (exact) mass is 172 g/mol. The molecule has 2 N–H and O–H groups in total. The zero-order chi connectivity index (χ0) is 9.78. The maximum Gasteiger partial charge on any atom is 0.0877 e. The highest BCUT2D eigenvalue weighted by atomic mass is 16.3. The molecule has 0 bridgehead atoms. The molecule has 2 heteroatoms. The summed E-state index contributed by atoms with van der Waals surface area (Å²) in [5.41, 5.74) is 0.294. The maximum atomic E-state index is 9.63. The second kappa shape index (κ2) is 4.63. The van der Waals surface area contributed by atoms with E-state index in [4.69, 9.17) is 0 Å². The van der Waals surface area contributed by atoms with Gasteiger partial charge in [0.2, 0.25) is 0 Å². The molecule has 0 saturated heterocycles. The first-order valence-corrected chi connectivity index (χ1v) is 4.40. The summed E-state index contributed by atoms with van der Waals surface area (Å²) in [6, 6.07) is 0. The molecule has 0 fully saturated rings. The summed E-state index contributed by atoms with van der Waals surface area (Å²) in [6.45, 7) is 7.33. The predicted octanol–water partition coefficient (Wildman–Crippen LogP) is 1.86. The molecule has 0 amide bonds. The zero-order valence-corrected chi connectivity index (χ0v) is 8.46. The van der Waals surface area contributed by atoms with Crippen LogP contribution in [0.15, 0.2) is 11.6 Å². The predicted molar refractivity (Wildman–Crippen MR) is 51.0 cm³/mol. The van der Waals surface area contributed by atoms with Gasteiger partial charge in [0.1, 0.15) is 0 Å². The van der Waals surface area contributed by atoms with Crippen LogP contribution in [0.3, 0.4) is 0 Å². The number of hydrogen-bond acceptors (Lipinski definition) is 2. The Morgan fingerprint density at radius 3 is 2.33 bits per heavy atom. The van der Waals surface area contributed by atoms with Crippen molar-refractivity contribution in [3.8, 4) is 0 Å². The van der Waals surface area contributed by atoms with E-state index in [1.54, 1.807) is 13.8 Å². The SMILES string of the molecule is CC(C)=CCCC(C)(O)C(C)O. The van der Waals surface area contributed by atoms with Crippen LogP contribution in [0.2, 0.25) is 0 Å². The Kier molecular flexibility index (Phi) is 4.50. The van der Waals surface area contributed by atoms with Gasteiger partial charge in [-0.25, -0.2) is 0 Å². The number of aliphatic hydroxyl groups is 2. The van der Waals surface area contributed by atoms with Gasteiger partial charge in [-0.3, -0.25) is 0 Å². The minimum absolute atomic E-state index is 0.607. The average molecular weight is 172 g/mol. The Labute approximate surface area is 74.9 Å². The van der Waals surface area contributed by atoms with E-state index in [2.05, 4.69) is 6.08 Å². The van der Waals surface area contributed by atoms with Gasteiger partial charge in [0.25, 0.3) is 0 Å². The second-order valence-corrected chi connectivity index (χ2v) is 3.85. The largest absolute Gasteiger partial charge is 0.390 e. The van der Waals surface area contributed by atoms with Crippen LogP contribution in [0, 0.1) is 0 Å². The molecule has 0 aliphatic heterocycles. The summed E-state index contributed by atoms with van der Waals surface area (Å²) in [4.78, 5) is 0. The smallest absolute Gasteiger partial charge is 0.0877 e. The third-order valence-electron chi connectivity index (χ3n) is 2.10. The lowest BCUT2D eigenvalue weighted by Gasteiger charge is -2.25. The van der Waals surface area contributed by atoms with E-state index in [1.165, 1.54) is 5.57 Å². The van der Waals surface area contributed by atoms with Gasteiger partial charge >= 0.3 is 0 Å². The van der Waals surface area contributed by atoms with E-state index in [0.717, 1.165) is 6.42 Å². The fraction of sp³-hybridized carbons (Fsp3) is 0.800. The number of aliphatic hydroxyl groups excluding tert-OH is 1. The summed E-state index contributed by atoms with van der Waals surface area (Å²) in [5.74, 6) is 0. The standard InChI is InChI=1S/C10H20O2/c1-8(2)6-5-7-10(4,12)9(3)11/h6,9,11-12H,5,7H2,1-4H3. The molecule has 0 aliphatic carbocycles. The van der Waals surface area contributed by atoms with E-state index in [-0.39, 0.29) is 0 Å². The molecule has 72 valence electrons. The Morgan fingerprint density at radius 2 is 2.00 bits per heavy atom. The van der Waals surface area contributed by atoms with Crippen LogP contribution in [0.5, 0.6) is 0 Å². The highest BCUT2D eigenvalue weighted by molar-refractivity contribution is 4.94. The first-order valence-electron chi connectivity index (χ1n) is 4.40. The molecule has 0 radical (unpaired) electrons. The summed E-state index contributed by atoms with van der Waals surface area (Å²) >= 11 is 0. The normalized spacial score (nSPS) is 18.2. The Balaban J connectivity index is 3.84. The molecule has 0 rings (SSSR count). The highest BCUT2D eigenvalue weighted by Gasteiger charge is 2.25. The van der Waals surface area contributed by atoms with E-state index in [9.17, 15) is 10.2 Å². The van der Waals surface area contributed by atoms with Crippen molar-refractivity contribution >= 4 is 0 Å². The van der Waals surface area contributed by atoms with Crippen LogP contribution in [0.1, 0.15) is 40.5 Å². The minimum atomic E-state index is -0.952. The van der Waals surface area contributed by atoms with Crippen LogP contribution in [0.4, 0.5) is 0 Å². The van der Waals surface area contributed by atoms with Crippen LogP contribution in [-0.2, 0) is 0 Å². The molecule has 0 aromatic heterocycles. The van der Waals surface area contributed by atoms with Crippen LogP contribution >= 0.6 is 0 Å². The molecular formula is C10H20O2. The van der Waals surface area contributed by atoms with Gasteiger partial charge in [0.15, 0.2) is 0 Å². The molecule has 0 aliphatic rings. The molecule has 0 aromatic carbocycles. The molecule has 0 spiro atoms. The Morgan fingerprint density at radius 1 is 1.50 bits per heavy atom. The minimum Gasteiger partial charge on any atom is -0.390 e. The van der Waals surface area contributed by atoms with Crippen molar-refractivity contribution in [3.05, 3.63) is 11.6 Å². The van der Waals surface area contributed by atoms with Crippen molar-refractivity contribution in [2.24, 2.45) is 0 Å². The Hall–Kier alpha value is -0.340. The van der Waals surface area contributed by atoms with Crippen molar-refractivity contribution in [2.45, 2.75) is 52.2 Å². The van der Waals surface area contributed by atoms with Crippen molar-refractivity contribution in [1.29, 1.82) is 0 Å². The average Bonchev–Trinajstić information content (AvgIpc) is 1.85. The van der Waals surface area contributed by atoms with Crippen LogP contribution < -0.4 is 0 Å². The molecule has 12 heavy (non-hydrogen) atoms. The van der Waals surface area contributed by atoms with E-state index >= 15 is 0 Å². The van der Waals surface area contributed by atoms with E-state index in [1.807, 2.05) is 13.8 Å². The number of allylic oxidation sites excluding steroid dienone is 2. The van der Waals surface area contributed by atoms with E-state index < -0.39 is 11.7 Å². The van der Waals surface area contributed by atoms with Gasteiger partial charge < -0.3 is 10.2 Å². The van der Waals surface area contributed by atoms with Crippen molar-refractivity contribution in [2.75, 3.05) is 0 Å². The van der Waals surface area contributed by atoms with Gasteiger partial charge in [0, 0.05) is 0 Å². The van der Waals surface area contributed by atoms with Crippen LogP contribution in [-0.4, -0.2) is 21.9 Å². The quantitative estimate of drug-likeness (QED) is 0.635. The topological polar surface area (TPSA) is 40.5 Å².